The van der Waals surface area contributed by atoms with E-state index in [0.29, 0.717) is 12.1 Å². The number of aryl methyl sites for hydroxylation is 1. The Morgan fingerprint density at radius 2 is 2.22 bits per heavy atom. The highest BCUT2D eigenvalue weighted by Gasteiger charge is 2.21. The number of nitrogens with zero attached hydrogens (tertiary/aromatic N) is 1. The Morgan fingerprint density at radius 1 is 1.56 bits per heavy atom. The van der Waals surface area contributed by atoms with Gasteiger partial charge in [-0.2, -0.15) is 0 Å². The summed E-state index contributed by atoms with van der Waals surface area (Å²) in [4.78, 5) is 22.8. The summed E-state index contributed by atoms with van der Waals surface area (Å²) in [5, 5.41) is 8.56. The molecule has 1 aromatic carbocycles. The van der Waals surface area contributed by atoms with Crippen LogP contribution in [-0.2, 0) is 6.54 Å². The summed E-state index contributed by atoms with van der Waals surface area (Å²) in [5.41, 5.74) is -0.901. The highest BCUT2D eigenvalue weighted by molar-refractivity contribution is 6.32. The zero-order valence-electron chi connectivity index (χ0n) is 9.41. The molecule has 0 saturated heterocycles. The number of carboxylic acid groups (broad SMARTS) is 1. The minimum atomic E-state index is -1.51. The third kappa shape index (κ3) is 1.76. The van der Waals surface area contributed by atoms with Crippen molar-refractivity contribution in [1.29, 1.82) is 0 Å². The van der Waals surface area contributed by atoms with Gasteiger partial charge in [0.1, 0.15) is 5.56 Å². The lowest BCUT2D eigenvalue weighted by Crippen LogP contribution is -2.14. The summed E-state index contributed by atoms with van der Waals surface area (Å²) in [6.45, 7) is 2.33. The molecule has 1 N–H and O–H groups in total. The van der Waals surface area contributed by atoms with Gasteiger partial charge in [-0.3, -0.25) is 4.79 Å². The fraction of sp³-hybridized carbons (Fsp3) is 0.167. The number of aromatic carboxylic acids is 1. The van der Waals surface area contributed by atoms with E-state index in [9.17, 15) is 14.0 Å². The predicted octanol–water partition coefficient (Wildman–Crippen LogP) is 2.51. The summed E-state index contributed by atoms with van der Waals surface area (Å²) in [5.74, 6) is -2.59. The molecule has 6 heteroatoms. The van der Waals surface area contributed by atoms with Gasteiger partial charge in [-0.1, -0.05) is 11.6 Å². The molecule has 0 bridgehead atoms. The highest BCUT2D eigenvalue weighted by Crippen LogP contribution is 2.26. The van der Waals surface area contributed by atoms with Gasteiger partial charge in [-0.15, -0.1) is 0 Å². The molecule has 94 valence electrons. The minimum Gasteiger partial charge on any atom is -0.478 e. The molecule has 0 aliphatic heterocycles. The van der Waals surface area contributed by atoms with E-state index in [1.807, 2.05) is 6.92 Å². The summed E-state index contributed by atoms with van der Waals surface area (Å²) in [6, 6.07) is 2.48. The van der Waals surface area contributed by atoms with E-state index in [-0.39, 0.29) is 10.4 Å². The lowest BCUT2D eigenvalue weighted by molar-refractivity contribution is 0.0694. The summed E-state index contributed by atoms with van der Waals surface area (Å²) in [7, 11) is 0. The van der Waals surface area contributed by atoms with Crippen molar-refractivity contribution < 1.29 is 14.3 Å². The quantitative estimate of drug-likeness (QED) is 0.911. The molecule has 0 radical (unpaired) electrons. The molecule has 2 aromatic rings. The number of hydrogen-bond acceptors (Lipinski definition) is 2. The topological polar surface area (TPSA) is 59.3 Å². The second-order valence-electron chi connectivity index (χ2n) is 3.71. The molecule has 0 unspecified atom stereocenters. The fourth-order valence-electron chi connectivity index (χ4n) is 1.89. The van der Waals surface area contributed by atoms with Crippen LogP contribution >= 0.6 is 11.6 Å². The first-order valence-electron chi connectivity index (χ1n) is 5.21. The van der Waals surface area contributed by atoms with Gasteiger partial charge in [0.2, 0.25) is 0 Å². The van der Waals surface area contributed by atoms with Crippen LogP contribution in [0, 0.1) is 5.82 Å². The molecule has 0 fully saturated rings. The van der Waals surface area contributed by atoms with Crippen molar-refractivity contribution >= 4 is 28.5 Å². The molecule has 0 aliphatic rings. The molecular weight excluding hydrogens is 261 g/mol. The number of hydrogen-bond donors (Lipinski definition) is 1. The largest absolute Gasteiger partial charge is 0.478 e. The van der Waals surface area contributed by atoms with Gasteiger partial charge in [0, 0.05) is 18.8 Å². The van der Waals surface area contributed by atoms with Gasteiger partial charge in [0.25, 0.3) is 0 Å². The molecular formula is C12H9ClFNO3. The van der Waals surface area contributed by atoms with E-state index in [1.54, 1.807) is 4.57 Å². The Morgan fingerprint density at radius 3 is 2.78 bits per heavy atom. The van der Waals surface area contributed by atoms with Crippen LogP contribution in [0.25, 0.3) is 10.9 Å². The SMILES string of the molecule is CCn1ccc(=O)c2c(C(=O)O)c(F)c(Cl)cc21. The van der Waals surface area contributed by atoms with E-state index in [4.69, 9.17) is 16.7 Å². The number of aromatic nitrogens is 1. The lowest BCUT2D eigenvalue weighted by Gasteiger charge is -2.11. The normalized spacial score (nSPS) is 10.8. The average Bonchev–Trinajstić information content (AvgIpc) is 2.31. The van der Waals surface area contributed by atoms with Crippen molar-refractivity contribution in [3.8, 4) is 0 Å². The number of pyridine rings is 1. The van der Waals surface area contributed by atoms with Crippen LogP contribution in [0.1, 0.15) is 17.3 Å². The summed E-state index contributed by atoms with van der Waals surface area (Å²) in [6.07, 6.45) is 1.52. The first-order chi connectivity index (χ1) is 8.47. The Hall–Kier alpha value is -1.88. The third-order valence-electron chi connectivity index (χ3n) is 2.71. The van der Waals surface area contributed by atoms with E-state index in [0.717, 1.165) is 0 Å². The molecule has 0 aliphatic carbocycles. The molecule has 2 rings (SSSR count). The second-order valence-corrected chi connectivity index (χ2v) is 4.12. The molecule has 1 aromatic heterocycles. The summed E-state index contributed by atoms with van der Waals surface area (Å²) >= 11 is 5.66. The van der Waals surface area contributed by atoms with E-state index >= 15 is 0 Å². The number of carbonyl (C=O) groups is 1. The Labute approximate surface area is 106 Å². The Balaban J connectivity index is 3.10. The number of benzene rings is 1. The molecule has 0 atom stereocenters. The first-order valence-corrected chi connectivity index (χ1v) is 5.59. The van der Waals surface area contributed by atoms with E-state index in [1.165, 1.54) is 18.3 Å². The second kappa shape index (κ2) is 4.42. The van der Waals surface area contributed by atoms with Crippen LogP contribution in [0.3, 0.4) is 0 Å². The maximum Gasteiger partial charge on any atom is 0.339 e. The van der Waals surface area contributed by atoms with Crippen molar-refractivity contribution in [1.82, 2.24) is 4.57 Å². The standard InChI is InChI=1S/C12H9ClFNO3/c1-2-15-4-3-8(16)9-7(15)5-6(13)11(14)10(9)12(17)18/h3-5H,2H2,1H3,(H,17,18). The summed E-state index contributed by atoms with van der Waals surface area (Å²) < 4.78 is 15.4. The molecule has 1 heterocycles. The average molecular weight is 270 g/mol. The Kier molecular flexibility index (Phi) is 3.09. The van der Waals surface area contributed by atoms with Crippen LogP contribution in [0.2, 0.25) is 5.02 Å². The number of fused-ring (bicyclic) bond motifs is 1. The zero-order valence-corrected chi connectivity index (χ0v) is 10.2. The monoisotopic (exact) mass is 269 g/mol. The maximum absolute atomic E-state index is 13.7. The first kappa shape index (κ1) is 12.6. The minimum absolute atomic E-state index is 0.159. The van der Waals surface area contributed by atoms with Crippen molar-refractivity contribution in [2.45, 2.75) is 13.5 Å². The van der Waals surface area contributed by atoms with Gasteiger partial charge >= 0.3 is 5.97 Å². The van der Waals surface area contributed by atoms with Crippen LogP contribution in [0.5, 0.6) is 0 Å². The molecule has 0 amide bonds. The van der Waals surface area contributed by atoms with Gasteiger partial charge < -0.3 is 9.67 Å². The Bertz CT molecular complexity index is 709. The van der Waals surface area contributed by atoms with Crippen LogP contribution in [-0.4, -0.2) is 15.6 Å². The van der Waals surface area contributed by atoms with Gasteiger partial charge in [-0.05, 0) is 13.0 Å². The van der Waals surface area contributed by atoms with Crippen molar-refractivity contribution in [3.05, 3.63) is 45.0 Å². The molecule has 4 nitrogen and oxygen atoms in total. The van der Waals surface area contributed by atoms with E-state index in [2.05, 4.69) is 0 Å². The van der Waals surface area contributed by atoms with Crippen molar-refractivity contribution in [2.75, 3.05) is 0 Å². The van der Waals surface area contributed by atoms with Gasteiger partial charge in [0.15, 0.2) is 11.2 Å². The number of carboxylic acids is 1. The highest BCUT2D eigenvalue weighted by atomic mass is 35.5. The smallest absolute Gasteiger partial charge is 0.339 e. The molecule has 18 heavy (non-hydrogen) atoms. The third-order valence-corrected chi connectivity index (χ3v) is 2.99. The van der Waals surface area contributed by atoms with E-state index < -0.39 is 22.8 Å². The van der Waals surface area contributed by atoms with Crippen LogP contribution < -0.4 is 5.43 Å². The number of rotatable bonds is 2. The fourth-order valence-corrected chi connectivity index (χ4v) is 2.08. The van der Waals surface area contributed by atoms with Crippen LogP contribution in [0.15, 0.2) is 23.1 Å². The molecule has 0 saturated carbocycles. The van der Waals surface area contributed by atoms with Crippen LogP contribution in [0.4, 0.5) is 4.39 Å². The molecule has 0 spiro atoms. The van der Waals surface area contributed by atoms with Crippen molar-refractivity contribution in [2.24, 2.45) is 0 Å². The predicted molar refractivity (Wildman–Crippen MR) is 65.8 cm³/mol. The zero-order chi connectivity index (χ0) is 13.4. The van der Waals surface area contributed by atoms with Gasteiger partial charge in [0.05, 0.1) is 15.9 Å². The number of halogens is 2. The van der Waals surface area contributed by atoms with Gasteiger partial charge in [-0.25, -0.2) is 9.18 Å². The lowest BCUT2D eigenvalue weighted by atomic mass is 10.1. The maximum atomic E-state index is 13.7. The van der Waals surface area contributed by atoms with Crippen molar-refractivity contribution in [3.63, 3.8) is 0 Å².